The molecule has 0 amide bonds. The fourth-order valence-corrected chi connectivity index (χ4v) is 5.04. The number of pyridine rings is 2. The van der Waals surface area contributed by atoms with Crippen LogP contribution in [-0.4, -0.2) is 68.2 Å². The summed E-state index contributed by atoms with van der Waals surface area (Å²) in [4.78, 5) is 32.7. The van der Waals surface area contributed by atoms with Gasteiger partial charge in [0.25, 0.3) is 5.97 Å². The van der Waals surface area contributed by atoms with Crippen LogP contribution in [0.1, 0.15) is 34.6 Å². The Bertz CT molecular complexity index is 1460. The quantitative estimate of drug-likeness (QED) is 0.0889. The molecule has 4 aromatic rings. The summed E-state index contributed by atoms with van der Waals surface area (Å²) in [6, 6.07) is 22.9. The molecule has 3 N–H and O–H groups in total. The predicted molar refractivity (Wildman–Crippen MR) is 154 cm³/mol. The van der Waals surface area contributed by atoms with Gasteiger partial charge in [0.2, 0.25) is 0 Å². The van der Waals surface area contributed by atoms with Crippen molar-refractivity contribution in [2.75, 3.05) is 26.2 Å². The van der Waals surface area contributed by atoms with E-state index in [4.69, 9.17) is 4.74 Å². The monoisotopic (exact) mass is 624 g/mol. The Kier molecular flexibility index (Phi) is 12.1. The summed E-state index contributed by atoms with van der Waals surface area (Å²) >= 11 is 0. The molecule has 10 nitrogen and oxygen atoms in total. The van der Waals surface area contributed by atoms with Crippen LogP contribution in [0.25, 0.3) is 0 Å². The number of carboxylic acids is 1. The Morgan fingerprint density at radius 2 is 1.37 bits per heavy atom. The van der Waals surface area contributed by atoms with Gasteiger partial charge < -0.3 is 24.6 Å². The van der Waals surface area contributed by atoms with E-state index in [1.807, 2.05) is 12.1 Å². The van der Waals surface area contributed by atoms with Crippen molar-refractivity contribution in [2.45, 2.75) is 12.1 Å². The van der Waals surface area contributed by atoms with Gasteiger partial charge in [-0.2, -0.15) is 7.11 Å². The maximum Gasteiger partial charge on any atom is 0.317 e. The molecule has 0 fully saturated rings. The molecule has 0 aliphatic carbocycles. The number of benzene rings is 2. The van der Waals surface area contributed by atoms with Gasteiger partial charge in [0.1, 0.15) is 17.2 Å². The largest absolute Gasteiger partial charge is 0.639 e. The minimum Gasteiger partial charge on any atom is -0.639 e. The van der Waals surface area contributed by atoms with Crippen molar-refractivity contribution in [2.24, 2.45) is 0 Å². The third-order valence-corrected chi connectivity index (χ3v) is 6.92. The van der Waals surface area contributed by atoms with Crippen molar-refractivity contribution < 1.29 is 51.3 Å². The molecular weight excluding hydrogens is 591 g/mol. The molecule has 2 aromatic carbocycles. The van der Waals surface area contributed by atoms with Gasteiger partial charge in [-0.3, -0.25) is 24.4 Å². The molecule has 0 saturated heterocycles. The topological polar surface area (TPSA) is 127 Å². The molecule has 2 heterocycles. The number of aliphatic carboxylic acids is 1. The van der Waals surface area contributed by atoms with E-state index in [9.17, 15) is 24.9 Å². The van der Waals surface area contributed by atoms with E-state index in [1.165, 1.54) is 0 Å². The smallest absolute Gasteiger partial charge is 0.317 e. The molecule has 1 unspecified atom stereocenters. The Hall–Kier alpha value is -4.41. The number of phenolic OH excluding ortho intramolecular Hbond substituents is 2. The number of esters is 1. The van der Waals surface area contributed by atoms with Gasteiger partial charge in [-0.15, -0.1) is 0 Å². The van der Waals surface area contributed by atoms with Crippen LogP contribution >= 0.6 is 0 Å². The number of aromatic nitrogens is 2. The number of para-hydroxylation sites is 2. The second kappa shape index (κ2) is 15.7. The van der Waals surface area contributed by atoms with Crippen LogP contribution in [0.3, 0.4) is 0 Å². The van der Waals surface area contributed by atoms with Gasteiger partial charge in [-0.1, -0.05) is 60.7 Å². The molecular formula is C32H33MnN4O6-. The van der Waals surface area contributed by atoms with Crippen LogP contribution in [-0.2, 0) is 31.4 Å². The number of rotatable bonds is 13. The van der Waals surface area contributed by atoms with Crippen molar-refractivity contribution in [3.63, 3.8) is 0 Å². The molecule has 0 spiro atoms. The maximum absolute atomic E-state index is 12.6. The number of aromatic hydroxyl groups is 2. The predicted octanol–water partition coefficient (Wildman–Crippen LogP) is 3.32. The van der Waals surface area contributed by atoms with Crippen molar-refractivity contribution in [1.82, 2.24) is 14.8 Å². The first-order chi connectivity index (χ1) is 20.3. The van der Waals surface area contributed by atoms with Gasteiger partial charge in [0, 0.05) is 54.5 Å². The fraction of sp³-hybridized carbons (Fsp3) is 0.188. The number of ether oxygens (including phenoxy) is 1. The zero-order valence-electron chi connectivity index (χ0n) is 23.4. The summed E-state index contributed by atoms with van der Waals surface area (Å²) in [5.74, 6) is -1.68. The van der Waals surface area contributed by atoms with Gasteiger partial charge in [0.15, 0.2) is 0 Å². The number of phenols is 2. The Morgan fingerprint density at radius 1 is 0.814 bits per heavy atom. The average Bonchev–Trinajstić information content (AvgIpc) is 2.98. The summed E-state index contributed by atoms with van der Waals surface area (Å²) in [5, 5.41) is 31.6. The molecule has 225 valence electrons. The van der Waals surface area contributed by atoms with E-state index in [-0.39, 0.29) is 54.7 Å². The SMILES string of the molecule is [CH2-]OC(=O)CN(CCN(CC(=O)O)C(c1ccccc1O)c1cccc[n+]1[CH2-])[C@H](c1ccccn1)c1ccccc1O.[Mn]. The normalized spacial score (nSPS) is 12.3. The Morgan fingerprint density at radius 3 is 1.91 bits per heavy atom. The van der Waals surface area contributed by atoms with Crippen LogP contribution in [0.5, 0.6) is 11.5 Å². The number of nitrogens with zero attached hydrogens (tertiary/aromatic N) is 4. The van der Waals surface area contributed by atoms with E-state index >= 15 is 0 Å². The minimum atomic E-state index is -1.08. The van der Waals surface area contributed by atoms with Crippen molar-refractivity contribution in [3.8, 4) is 11.5 Å². The maximum atomic E-state index is 12.6. The summed E-state index contributed by atoms with van der Waals surface area (Å²) in [7, 11) is 7.32. The zero-order chi connectivity index (χ0) is 30.1. The summed E-state index contributed by atoms with van der Waals surface area (Å²) in [6.45, 7) is -0.332. The zero-order valence-corrected chi connectivity index (χ0v) is 24.5. The van der Waals surface area contributed by atoms with Crippen LogP contribution in [0.2, 0.25) is 0 Å². The van der Waals surface area contributed by atoms with Gasteiger partial charge in [-0.25, -0.2) is 0 Å². The van der Waals surface area contributed by atoms with E-state index in [0.29, 0.717) is 22.5 Å². The molecule has 1 radical (unpaired) electrons. The van der Waals surface area contributed by atoms with Crippen LogP contribution in [0.4, 0.5) is 0 Å². The number of hydrogen-bond donors (Lipinski definition) is 3. The molecule has 2 aromatic heterocycles. The van der Waals surface area contributed by atoms with Crippen molar-refractivity contribution in [3.05, 3.63) is 134 Å². The second-order valence-electron chi connectivity index (χ2n) is 9.62. The summed E-state index contributed by atoms with van der Waals surface area (Å²) in [5.41, 5.74) is 2.21. The minimum absolute atomic E-state index is 0. The molecule has 2 atom stereocenters. The fourth-order valence-electron chi connectivity index (χ4n) is 5.04. The first-order valence-electron chi connectivity index (χ1n) is 13.2. The van der Waals surface area contributed by atoms with E-state index in [2.05, 4.69) is 19.1 Å². The molecule has 43 heavy (non-hydrogen) atoms. The number of carboxylic acid groups (broad SMARTS) is 1. The molecule has 0 bridgehead atoms. The van der Waals surface area contributed by atoms with E-state index in [1.54, 1.807) is 99.6 Å². The number of hydrogen-bond acceptors (Lipinski definition) is 8. The van der Waals surface area contributed by atoms with Crippen LogP contribution < -0.4 is 4.57 Å². The van der Waals surface area contributed by atoms with Crippen molar-refractivity contribution >= 4 is 11.9 Å². The summed E-state index contributed by atoms with van der Waals surface area (Å²) < 4.78 is 6.38. The van der Waals surface area contributed by atoms with Crippen molar-refractivity contribution in [1.29, 1.82) is 0 Å². The molecule has 11 heteroatoms. The van der Waals surface area contributed by atoms with Gasteiger partial charge >= 0.3 is 5.97 Å². The van der Waals surface area contributed by atoms with E-state index < -0.39 is 24.0 Å². The average molecular weight is 625 g/mol. The summed E-state index contributed by atoms with van der Waals surface area (Å²) in [6.07, 6.45) is 3.36. The first-order valence-corrected chi connectivity index (χ1v) is 13.2. The first kappa shape index (κ1) is 33.1. The second-order valence-corrected chi connectivity index (χ2v) is 9.62. The Balaban J connectivity index is 0.00000506. The van der Waals surface area contributed by atoms with Crippen LogP contribution in [0.15, 0.2) is 97.3 Å². The standard InChI is InChI=1S/C32H33N4O6.Mn/c1-34-18-10-8-14-26(34)32(24-12-4-6-16-28(24)38)35(21-29(39)40)19-20-36(22-30(41)42-2)31(25-13-7-9-17-33-25)23-11-3-5-15-27(23)37;/h3-18,31-32,37-38H,1-2,19-22H2,(H,39,40);/q-1;/t31-,32?;/m0./s1. The van der Waals surface area contributed by atoms with Gasteiger partial charge in [0.05, 0.1) is 37.1 Å². The molecule has 0 saturated carbocycles. The molecule has 0 aliphatic rings. The number of carbonyl (C=O) groups is 2. The van der Waals surface area contributed by atoms with Crippen LogP contribution in [0, 0.1) is 14.2 Å². The molecule has 0 aliphatic heterocycles. The third kappa shape index (κ3) is 8.33. The Labute approximate surface area is 261 Å². The molecule has 4 rings (SSSR count). The third-order valence-electron chi connectivity index (χ3n) is 6.92. The van der Waals surface area contributed by atoms with E-state index in [0.717, 1.165) is 0 Å². The van der Waals surface area contributed by atoms with Gasteiger partial charge in [-0.05, 0) is 24.3 Å². The number of carbonyl (C=O) groups excluding carboxylic acids is 1.